The number of rotatable bonds is 2. The van der Waals surface area contributed by atoms with Crippen LogP contribution in [0.4, 0.5) is 0 Å². The first-order valence-corrected chi connectivity index (χ1v) is 9.37. The molecule has 2 heterocycles. The molecule has 8 heteroatoms. The van der Waals surface area contributed by atoms with E-state index in [0.717, 1.165) is 14.6 Å². The highest BCUT2D eigenvalue weighted by molar-refractivity contribution is 9.10. The van der Waals surface area contributed by atoms with Crippen molar-refractivity contribution in [2.45, 2.75) is 0 Å². The molecule has 0 amide bonds. The maximum absolute atomic E-state index is 12.9. The predicted octanol–water partition coefficient (Wildman–Crippen LogP) is 5.42. The minimum Gasteiger partial charge on any atom is -0.451 e. The van der Waals surface area contributed by atoms with Crippen molar-refractivity contribution in [3.05, 3.63) is 85.0 Å². The molecule has 0 aliphatic rings. The summed E-state index contributed by atoms with van der Waals surface area (Å²) < 4.78 is 7.27. The number of nitrogens with zero attached hydrogens (tertiary/aromatic N) is 1. The Labute approximate surface area is 171 Å². The molecule has 1 N–H and O–H groups in total. The van der Waals surface area contributed by atoms with Crippen molar-refractivity contribution >= 4 is 56.6 Å². The van der Waals surface area contributed by atoms with Gasteiger partial charge in [-0.25, -0.2) is 4.57 Å². The van der Waals surface area contributed by atoms with Crippen LogP contribution < -0.4 is 5.56 Å². The second-order valence-electron chi connectivity index (χ2n) is 5.74. The molecule has 0 aliphatic carbocycles. The lowest BCUT2D eigenvalue weighted by Crippen LogP contribution is -2.28. The van der Waals surface area contributed by atoms with Crippen molar-refractivity contribution in [3.63, 3.8) is 0 Å². The van der Waals surface area contributed by atoms with Crippen LogP contribution in [0, 0.1) is 4.77 Å². The number of nitrogens with one attached hydrogen (secondary N) is 1. The number of hydrogen-bond acceptors (Lipinski definition) is 4. The molecule has 0 saturated carbocycles. The Balaban J connectivity index is 1.81. The van der Waals surface area contributed by atoms with Crippen molar-refractivity contribution in [3.8, 4) is 11.3 Å². The molecule has 2 aromatic heterocycles. The average Bonchev–Trinajstić information content (AvgIpc) is 3.13. The Kier molecular flexibility index (Phi) is 4.59. The number of H-pyrrole nitrogens is 1. The molecule has 0 aliphatic heterocycles. The first-order chi connectivity index (χ1) is 12.9. The Morgan fingerprint density at radius 1 is 1.11 bits per heavy atom. The molecule has 4 rings (SSSR count). The van der Waals surface area contributed by atoms with Gasteiger partial charge in [0, 0.05) is 15.1 Å². The quantitative estimate of drug-likeness (QED) is 0.405. The third-order valence-electron chi connectivity index (χ3n) is 4.01. The summed E-state index contributed by atoms with van der Waals surface area (Å²) in [5.41, 5.74) is 0.807. The number of aromatic nitrogens is 2. The number of benzene rings is 2. The van der Waals surface area contributed by atoms with Crippen LogP contribution in [-0.2, 0) is 0 Å². The smallest absolute Gasteiger partial charge is 0.302 e. The fraction of sp³-hybridized carbons (Fsp3) is 0. The van der Waals surface area contributed by atoms with Crippen molar-refractivity contribution in [1.82, 2.24) is 9.55 Å². The zero-order valence-corrected chi connectivity index (χ0v) is 16.7. The van der Waals surface area contributed by atoms with E-state index in [-0.39, 0.29) is 10.5 Å². The van der Waals surface area contributed by atoms with Gasteiger partial charge in [0.05, 0.1) is 10.9 Å². The summed E-state index contributed by atoms with van der Waals surface area (Å²) in [6.45, 7) is 0. The molecule has 0 radical (unpaired) electrons. The molecule has 27 heavy (non-hydrogen) atoms. The molecule has 0 unspecified atom stereocenters. The van der Waals surface area contributed by atoms with Crippen molar-refractivity contribution in [1.29, 1.82) is 0 Å². The third-order valence-corrected chi connectivity index (χ3v) is 5.04. The van der Waals surface area contributed by atoms with E-state index in [9.17, 15) is 9.59 Å². The summed E-state index contributed by atoms with van der Waals surface area (Å²) >= 11 is 14.4. The summed E-state index contributed by atoms with van der Waals surface area (Å²) in [7, 11) is 0. The van der Waals surface area contributed by atoms with E-state index in [4.69, 9.17) is 28.2 Å². The van der Waals surface area contributed by atoms with Crippen molar-refractivity contribution in [2.75, 3.05) is 0 Å². The maximum atomic E-state index is 12.9. The largest absolute Gasteiger partial charge is 0.451 e. The highest BCUT2D eigenvalue weighted by Gasteiger charge is 2.19. The van der Waals surface area contributed by atoms with Crippen LogP contribution in [0.25, 0.3) is 22.2 Å². The number of hydrogen-bond donors (Lipinski definition) is 1. The highest BCUT2D eigenvalue weighted by atomic mass is 79.9. The molecular formula is C19H10BrClN2O3S. The van der Waals surface area contributed by atoms with Gasteiger partial charge in [-0.15, -0.1) is 0 Å². The molecule has 0 spiro atoms. The lowest BCUT2D eigenvalue weighted by molar-refractivity contribution is 0.0927. The van der Waals surface area contributed by atoms with E-state index < -0.39 is 11.5 Å². The van der Waals surface area contributed by atoms with Crippen LogP contribution in [0.2, 0.25) is 5.02 Å². The normalized spacial score (nSPS) is 11.0. The Bertz CT molecular complexity index is 1310. The third kappa shape index (κ3) is 3.29. The molecule has 0 fully saturated rings. The maximum Gasteiger partial charge on any atom is 0.302 e. The molecule has 0 bridgehead atoms. The van der Waals surface area contributed by atoms with E-state index in [0.29, 0.717) is 21.7 Å². The van der Waals surface area contributed by atoms with Gasteiger partial charge in [0.2, 0.25) is 0 Å². The monoisotopic (exact) mass is 460 g/mol. The van der Waals surface area contributed by atoms with Gasteiger partial charge in [0.15, 0.2) is 10.5 Å². The Morgan fingerprint density at radius 3 is 2.59 bits per heavy atom. The minimum atomic E-state index is -0.636. The second kappa shape index (κ2) is 6.92. The van der Waals surface area contributed by atoms with Gasteiger partial charge in [0.25, 0.3) is 5.56 Å². The number of halogens is 2. The summed E-state index contributed by atoms with van der Waals surface area (Å²) in [6.07, 6.45) is 0. The lowest BCUT2D eigenvalue weighted by atomic mass is 10.2. The van der Waals surface area contributed by atoms with Crippen LogP contribution in [0.3, 0.4) is 0 Å². The van der Waals surface area contributed by atoms with Crippen molar-refractivity contribution < 1.29 is 9.21 Å². The average molecular weight is 462 g/mol. The zero-order valence-electron chi connectivity index (χ0n) is 13.5. The minimum absolute atomic E-state index is 0.00395. The number of aromatic amines is 1. The molecule has 134 valence electrons. The van der Waals surface area contributed by atoms with Gasteiger partial charge in [-0.2, -0.15) is 0 Å². The first-order valence-electron chi connectivity index (χ1n) is 7.79. The van der Waals surface area contributed by atoms with Crippen LogP contribution in [0.1, 0.15) is 10.6 Å². The predicted molar refractivity (Wildman–Crippen MR) is 110 cm³/mol. The number of fused-ring (bicyclic) bond motifs is 1. The molecule has 0 saturated heterocycles. The zero-order chi connectivity index (χ0) is 19.1. The summed E-state index contributed by atoms with van der Waals surface area (Å²) in [6, 6.07) is 15.3. The lowest BCUT2D eigenvalue weighted by Gasteiger charge is -2.06. The first kappa shape index (κ1) is 17.9. The van der Waals surface area contributed by atoms with E-state index in [1.54, 1.807) is 48.5 Å². The van der Waals surface area contributed by atoms with Gasteiger partial charge < -0.3 is 9.40 Å². The molecule has 5 nitrogen and oxygen atoms in total. The number of carbonyl (C=O) groups is 1. The summed E-state index contributed by atoms with van der Waals surface area (Å²) in [5.74, 6) is -0.138. The van der Waals surface area contributed by atoms with Crippen molar-refractivity contribution in [2.24, 2.45) is 0 Å². The molecule has 0 atom stereocenters. The fourth-order valence-corrected chi connectivity index (χ4v) is 3.47. The van der Waals surface area contributed by atoms with Gasteiger partial charge in [-0.05, 0) is 66.8 Å². The van der Waals surface area contributed by atoms with E-state index in [1.807, 2.05) is 0 Å². The topological polar surface area (TPSA) is 68.0 Å². The highest BCUT2D eigenvalue weighted by Crippen LogP contribution is 2.24. The SMILES string of the molecule is O=C(c1ccc(-c2ccc(Cl)cc2)o1)n1c(=S)[nH]c2ccc(Br)cc2c1=O. The van der Waals surface area contributed by atoms with Crippen LogP contribution in [-0.4, -0.2) is 15.5 Å². The fourth-order valence-electron chi connectivity index (χ4n) is 2.70. The number of furan rings is 1. The Morgan fingerprint density at radius 2 is 1.85 bits per heavy atom. The molecular weight excluding hydrogens is 452 g/mol. The van der Waals surface area contributed by atoms with E-state index in [2.05, 4.69) is 20.9 Å². The van der Waals surface area contributed by atoms with E-state index in [1.165, 1.54) is 6.07 Å². The van der Waals surface area contributed by atoms with Gasteiger partial charge in [-0.3, -0.25) is 9.59 Å². The van der Waals surface area contributed by atoms with Gasteiger partial charge in [-0.1, -0.05) is 27.5 Å². The van der Waals surface area contributed by atoms with Gasteiger partial charge in [0.1, 0.15) is 5.76 Å². The standard InChI is InChI=1S/C19H10BrClN2O3S/c20-11-3-6-14-13(9-11)17(24)23(19(27)22-14)18(25)16-8-7-15(26-16)10-1-4-12(21)5-2-10/h1-9H,(H,22,27). The molecule has 2 aromatic carbocycles. The van der Waals surface area contributed by atoms with Crippen LogP contribution >= 0.6 is 39.7 Å². The molecule has 4 aromatic rings. The second-order valence-corrected chi connectivity index (χ2v) is 7.48. The van der Waals surface area contributed by atoms with Gasteiger partial charge >= 0.3 is 5.91 Å². The van der Waals surface area contributed by atoms with E-state index >= 15 is 0 Å². The summed E-state index contributed by atoms with van der Waals surface area (Å²) in [4.78, 5) is 28.6. The van der Waals surface area contributed by atoms with Crippen LogP contribution in [0.15, 0.2) is 68.3 Å². The Hall–Kier alpha value is -2.48. The number of carbonyl (C=O) groups excluding carboxylic acids is 1. The summed E-state index contributed by atoms with van der Waals surface area (Å²) in [5, 5.41) is 0.942. The van der Waals surface area contributed by atoms with Crippen LogP contribution in [0.5, 0.6) is 0 Å².